The Morgan fingerprint density at radius 2 is 1.83 bits per heavy atom. The van der Waals surface area contributed by atoms with E-state index in [-0.39, 0.29) is 11.5 Å². The summed E-state index contributed by atoms with van der Waals surface area (Å²) in [7, 11) is 0. The molecule has 0 amide bonds. The van der Waals surface area contributed by atoms with Gasteiger partial charge in [0.25, 0.3) is 0 Å². The Hall–Kier alpha value is -0.340. The molecule has 3 rings (SSSR count). The molecule has 0 spiro atoms. The maximum absolute atomic E-state index is 11.0. The van der Waals surface area contributed by atoms with Crippen molar-refractivity contribution in [1.29, 1.82) is 0 Å². The molecule has 0 aliphatic heterocycles. The molecular weight excluding hydrogens is 368 g/mol. The van der Waals surface area contributed by atoms with Crippen LogP contribution in [-0.2, 0) is 0 Å². The summed E-state index contributed by atoms with van der Waals surface area (Å²) in [6, 6.07) is 0. The third-order valence-corrected chi connectivity index (χ3v) is 10.2. The summed E-state index contributed by atoms with van der Waals surface area (Å²) in [6.45, 7) is 14.0. The highest BCUT2D eigenvalue weighted by Gasteiger charge is 2.52. The highest BCUT2D eigenvalue weighted by Crippen LogP contribution is 2.60. The first-order valence-corrected chi connectivity index (χ1v) is 13.3. The van der Waals surface area contributed by atoms with Gasteiger partial charge in [-0.15, -0.1) is 0 Å². The van der Waals surface area contributed by atoms with E-state index in [1.54, 1.807) is 5.57 Å². The van der Waals surface area contributed by atoms with Crippen molar-refractivity contribution in [3.05, 3.63) is 11.6 Å². The number of fused-ring (bicyclic) bond motifs is 1. The van der Waals surface area contributed by atoms with E-state index in [0.29, 0.717) is 17.8 Å². The van der Waals surface area contributed by atoms with E-state index in [1.165, 1.54) is 32.1 Å². The Kier molecular flexibility index (Phi) is 7.82. The van der Waals surface area contributed by atoms with Crippen LogP contribution in [0.15, 0.2) is 11.6 Å². The molecule has 30 heavy (non-hydrogen) atoms. The summed E-state index contributed by atoms with van der Waals surface area (Å²) < 4.78 is 0. The van der Waals surface area contributed by atoms with Crippen molar-refractivity contribution in [1.82, 2.24) is 0 Å². The van der Waals surface area contributed by atoms with Gasteiger partial charge in [0.2, 0.25) is 0 Å². The van der Waals surface area contributed by atoms with Gasteiger partial charge in [0.1, 0.15) is 0 Å². The van der Waals surface area contributed by atoms with Crippen LogP contribution >= 0.6 is 0 Å². The standard InChI is InChI=1S/C28H50O2/c1-7-10-25-24(13-12-21-18-28(30,9-3)17-16-27(21,25)6)23-15-14-22(19(23)4)20(5)26(29)11-8-2/h12,19-20,22-26,29-30H,7-11,13-18H2,1-6H3/t19-,20-,22-,23+,24-,25-,26+,27-,28-/m0/s1. The van der Waals surface area contributed by atoms with E-state index >= 15 is 0 Å². The molecule has 0 unspecified atom stereocenters. The van der Waals surface area contributed by atoms with Gasteiger partial charge in [-0.25, -0.2) is 0 Å². The molecule has 2 heteroatoms. The van der Waals surface area contributed by atoms with Crippen LogP contribution in [0.3, 0.4) is 0 Å². The fourth-order valence-corrected chi connectivity index (χ4v) is 7.98. The van der Waals surface area contributed by atoms with Gasteiger partial charge < -0.3 is 10.2 Å². The molecule has 0 radical (unpaired) electrons. The summed E-state index contributed by atoms with van der Waals surface area (Å²) in [5, 5.41) is 21.7. The van der Waals surface area contributed by atoms with E-state index in [1.807, 2.05) is 0 Å². The number of hydrogen-bond donors (Lipinski definition) is 2. The van der Waals surface area contributed by atoms with Gasteiger partial charge in [0, 0.05) is 0 Å². The van der Waals surface area contributed by atoms with Crippen LogP contribution in [0.1, 0.15) is 112 Å². The second kappa shape index (κ2) is 9.65. The van der Waals surface area contributed by atoms with Crippen molar-refractivity contribution >= 4 is 0 Å². The topological polar surface area (TPSA) is 40.5 Å². The summed E-state index contributed by atoms with van der Waals surface area (Å²) in [4.78, 5) is 0. The molecule has 0 aromatic heterocycles. The first-order chi connectivity index (χ1) is 14.2. The quantitative estimate of drug-likeness (QED) is 0.411. The van der Waals surface area contributed by atoms with E-state index in [2.05, 4.69) is 47.6 Å². The average Bonchev–Trinajstić information content (AvgIpc) is 3.10. The zero-order valence-electron chi connectivity index (χ0n) is 20.8. The van der Waals surface area contributed by atoms with Crippen LogP contribution in [0.2, 0.25) is 0 Å². The van der Waals surface area contributed by atoms with E-state index in [9.17, 15) is 10.2 Å². The molecule has 9 atom stereocenters. The Balaban J connectivity index is 1.81. The fourth-order valence-electron chi connectivity index (χ4n) is 7.98. The van der Waals surface area contributed by atoms with Crippen LogP contribution in [0, 0.1) is 40.9 Å². The lowest BCUT2D eigenvalue weighted by Gasteiger charge is -2.54. The predicted molar refractivity (Wildman–Crippen MR) is 127 cm³/mol. The second-order valence-corrected chi connectivity index (χ2v) is 11.7. The third kappa shape index (κ3) is 4.42. The zero-order chi connectivity index (χ0) is 22.1. The van der Waals surface area contributed by atoms with E-state index in [4.69, 9.17) is 0 Å². The van der Waals surface area contributed by atoms with Crippen LogP contribution in [0.25, 0.3) is 0 Å². The lowest BCUT2D eigenvalue weighted by molar-refractivity contribution is -0.0389. The molecule has 0 aromatic rings. The van der Waals surface area contributed by atoms with Gasteiger partial charge in [0.05, 0.1) is 11.7 Å². The molecule has 2 N–H and O–H groups in total. The summed E-state index contributed by atoms with van der Waals surface area (Å²) in [5.41, 5.74) is 1.39. The van der Waals surface area contributed by atoms with Crippen molar-refractivity contribution < 1.29 is 10.2 Å². The molecule has 0 heterocycles. The largest absolute Gasteiger partial charge is 0.393 e. The highest BCUT2D eigenvalue weighted by molar-refractivity contribution is 5.25. The van der Waals surface area contributed by atoms with E-state index < -0.39 is 5.60 Å². The van der Waals surface area contributed by atoms with Crippen molar-refractivity contribution in [3.63, 3.8) is 0 Å². The predicted octanol–water partition coefficient (Wildman–Crippen LogP) is 7.14. The number of rotatable bonds is 8. The molecule has 174 valence electrons. The van der Waals surface area contributed by atoms with Crippen molar-refractivity contribution in [3.8, 4) is 0 Å². The van der Waals surface area contributed by atoms with Crippen molar-refractivity contribution in [2.75, 3.05) is 0 Å². The van der Waals surface area contributed by atoms with Crippen LogP contribution in [0.5, 0.6) is 0 Å². The minimum absolute atomic E-state index is 0.131. The molecular formula is C28H50O2. The Labute approximate surface area is 186 Å². The number of hydrogen-bond acceptors (Lipinski definition) is 2. The SMILES string of the molecule is CCC[C@@H](O)[C@@H](C)[C@H]1CC[C@@H]([C@@H]2CC=C3C[C@](O)(CC)CC[C@]3(C)[C@H]2CCC)[C@H]1C. The average molecular weight is 419 g/mol. The van der Waals surface area contributed by atoms with Gasteiger partial charge >= 0.3 is 0 Å². The van der Waals surface area contributed by atoms with Crippen molar-refractivity contribution in [2.45, 2.75) is 124 Å². The van der Waals surface area contributed by atoms with Crippen molar-refractivity contribution in [2.24, 2.45) is 40.9 Å². The highest BCUT2D eigenvalue weighted by atomic mass is 16.3. The van der Waals surface area contributed by atoms with Gasteiger partial charge in [-0.2, -0.15) is 0 Å². The molecule has 0 aromatic carbocycles. The van der Waals surface area contributed by atoms with Crippen LogP contribution < -0.4 is 0 Å². The summed E-state index contributed by atoms with van der Waals surface area (Å²) >= 11 is 0. The zero-order valence-corrected chi connectivity index (χ0v) is 20.8. The first kappa shape index (κ1) is 24.3. The Morgan fingerprint density at radius 3 is 2.47 bits per heavy atom. The Bertz CT molecular complexity index is 597. The maximum Gasteiger partial charge on any atom is 0.0682 e. The van der Waals surface area contributed by atoms with Gasteiger partial charge in [0.15, 0.2) is 0 Å². The maximum atomic E-state index is 11.0. The normalized spacial score (nSPS) is 43.7. The summed E-state index contributed by atoms with van der Waals surface area (Å²) in [6.07, 6.45) is 14.8. The summed E-state index contributed by atoms with van der Waals surface area (Å²) in [5.74, 6) is 4.14. The molecule has 3 aliphatic rings. The lowest BCUT2D eigenvalue weighted by Crippen LogP contribution is -2.48. The Morgan fingerprint density at radius 1 is 1.10 bits per heavy atom. The molecule has 2 saturated carbocycles. The number of aliphatic hydroxyl groups excluding tert-OH is 1. The number of allylic oxidation sites excluding steroid dienone is 1. The fraction of sp³-hybridized carbons (Fsp3) is 0.929. The number of aliphatic hydroxyl groups is 2. The smallest absolute Gasteiger partial charge is 0.0682 e. The van der Waals surface area contributed by atoms with Gasteiger partial charge in [-0.1, -0.05) is 66.0 Å². The van der Waals surface area contributed by atoms with Gasteiger partial charge in [-0.3, -0.25) is 0 Å². The van der Waals surface area contributed by atoms with E-state index in [0.717, 1.165) is 56.3 Å². The first-order valence-electron chi connectivity index (χ1n) is 13.3. The third-order valence-electron chi connectivity index (χ3n) is 10.2. The molecule has 2 nitrogen and oxygen atoms in total. The second-order valence-electron chi connectivity index (χ2n) is 11.7. The minimum atomic E-state index is -0.467. The molecule has 3 aliphatic carbocycles. The lowest BCUT2D eigenvalue weighted by atomic mass is 9.51. The molecule has 0 saturated heterocycles. The van der Waals surface area contributed by atoms with Gasteiger partial charge in [-0.05, 0) is 98.7 Å². The monoisotopic (exact) mass is 418 g/mol. The minimum Gasteiger partial charge on any atom is -0.393 e. The molecule has 0 bridgehead atoms. The molecule has 2 fully saturated rings. The van der Waals surface area contributed by atoms with Crippen LogP contribution in [-0.4, -0.2) is 21.9 Å². The van der Waals surface area contributed by atoms with Crippen LogP contribution in [0.4, 0.5) is 0 Å².